The molecule has 1 heterocycles. The number of carbonyl (C=O) groups excluding carboxylic acids is 1. The Kier molecular flexibility index (Phi) is 6.48. The van der Waals surface area contributed by atoms with Crippen LogP contribution in [0.1, 0.15) is 18.4 Å². The molecule has 0 spiro atoms. The highest BCUT2D eigenvalue weighted by Gasteiger charge is 2.30. The summed E-state index contributed by atoms with van der Waals surface area (Å²) in [6.07, 6.45) is 6.99. The number of hydrogen-bond acceptors (Lipinski definition) is 4. The number of rotatable bonds is 6. The number of anilines is 2. The number of terminal acetylenes is 1. The average molecular weight is 432 g/mol. The highest BCUT2D eigenvalue weighted by molar-refractivity contribution is 7.92. The van der Waals surface area contributed by atoms with Crippen LogP contribution in [0.25, 0.3) is 0 Å². The predicted octanol–water partition coefficient (Wildman–Crippen LogP) is 3.49. The van der Waals surface area contributed by atoms with Gasteiger partial charge in [-0.25, -0.2) is 8.42 Å². The van der Waals surface area contributed by atoms with Crippen molar-refractivity contribution in [3.63, 3.8) is 0 Å². The summed E-state index contributed by atoms with van der Waals surface area (Å²) < 4.78 is 28.3. The van der Waals surface area contributed by atoms with Gasteiger partial charge in [0.25, 0.3) is 10.0 Å². The summed E-state index contributed by atoms with van der Waals surface area (Å²) in [6.45, 7) is 2.88. The molecular formula is C21H22ClN3O3S. The lowest BCUT2D eigenvalue weighted by Gasteiger charge is -2.21. The van der Waals surface area contributed by atoms with Gasteiger partial charge < -0.3 is 5.32 Å². The van der Waals surface area contributed by atoms with Gasteiger partial charge in [-0.1, -0.05) is 35.7 Å². The molecule has 1 saturated heterocycles. The fraction of sp³-hybridized carbons (Fsp3) is 0.286. The zero-order chi connectivity index (χ0) is 21.0. The number of likely N-dealkylation sites (tertiary alicyclic amines) is 1. The van der Waals surface area contributed by atoms with Gasteiger partial charge in [0.15, 0.2) is 0 Å². The smallest absolute Gasteiger partial charge is 0.262 e. The van der Waals surface area contributed by atoms with Crippen molar-refractivity contribution >= 4 is 38.9 Å². The molecule has 8 heteroatoms. The van der Waals surface area contributed by atoms with Gasteiger partial charge in [-0.15, -0.1) is 6.42 Å². The van der Waals surface area contributed by atoms with Crippen LogP contribution in [0, 0.1) is 19.3 Å². The third kappa shape index (κ3) is 4.91. The summed E-state index contributed by atoms with van der Waals surface area (Å²) in [6, 6.07) is 11.1. The third-order valence-electron chi connectivity index (χ3n) is 4.82. The summed E-state index contributed by atoms with van der Waals surface area (Å²) in [5.41, 5.74) is 1.25. The first-order valence-electron chi connectivity index (χ1n) is 9.18. The molecule has 1 aliphatic heterocycles. The number of carbonyl (C=O) groups is 1. The van der Waals surface area contributed by atoms with E-state index in [-0.39, 0.29) is 16.8 Å². The molecule has 29 heavy (non-hydrogen) atoms. The molecule has 2 N–H and O–H groups in total. The highest BCUT2D eigenvalue weighted by Crippen LogP contribution is 2.27. The van der Waals surface area contributed by atoms with E-state index in [4.69, 9.17) is 18.0 Å². The minimum atomic E-state index is -3.89. The predicted molar refractivity (Wildman–Crippen MR) is 115 cm³/mol. The van der Waals surface area contributed by atoms with Crippen LogP contribution in [-0.2, 0) is 14.8 Å². The lowest BCUT2D eigenvalue weighted by molar-refractivity contribution is -0.120. The molecule has 1 aliphatic rings. The van der Waals surface area contributed by atoms with Crippen molar-refractivity contribution in [3.8, 4) is 12.3 Å². The summed E-state index contributed by atoms with van der Waals surface area (Å²) in [4.78, 5) is 14.7. The van der Waals surface area contributed by atoms with Gasteiger partial charge in [0.1, 0.15) is 0 Å². The van der Waals surface area contributed by atoms with Crippen LogP contribution >= 0.6 is 11.6 Å². The van der Waals surface area contributed by atoms with E-state index >= 15 is 0 Å². The zero-order valence-corrected chi connectivity index (χ0v) is 17.6. The summed E-state index contributed by atoms with van der Waals surface area (Å²) in [7, 11) is -3.89. The van der Waals surface area contributed by atoms with Gasteiger partial charge in [0.2, 0.25) is 5.91 Å². The van der Waals surface area contributed by atoms with Gasteiger partial charge in [-0.3, -0.25) is 14.4 Å². The maximum atomic E-state index is 12.9. The second-order valence-corrected chi connectivity index (χ2v) is 8.95. The van der Waals surface area contributed by atoms with Crippen LogP contribution in [0.15, 0.2) is 47.4 Å². The Hall–Kier alpha value is -2.53. The second-order valence-electron chi connectivity index (χ2n) is 6.89. The summed E-state index contributed by atoms with van der Waals surface area (Å²) >= 11 is 6.07. The van der Waals surface area contributed by atoms with Crippen LogP contribution in [-0.4, -0.2) is 38.4 Å². The molecular weight excluding hydrogens is 410 g/mol. The van der Waals surface area contributed by atoms with Gasteiger partial charge >= 0.3 is 0 Å². The SMILES string of the molecule is C#CCN1CCC[C@H]1C(=O)Nc1ccc(C)c(S(=O)(=O)Nc2ccccc2Cl)c1. The normalized spacial score (nSPS) is 16.9. The second kappa shape index (κ2) is 8.87. The Bertz CT molecular complexity index is 1060. The van der Waals surface area contributed by atoms with E-state index in [0.29, 0.717) is 28.5 Å². The van der Waals surface area contributed by atoms with Crippen molar-refractivity contribution in [3.05, 3.63) is 53.1 Å². The first-order chi connectivity index (χ1) is 13.8. The largest absolute Gasteiger partial charge is 0.325 e. The number of aryl methyl sites for hydroxylation is 1. The topological polar surface area (TPSA) is 78.5 Å². The lowest BCUT2D eigenvalue weighted by Crippen LogP contribution is -2.39. The van der Waals surface area contributed by atoms with Crippen molar-refractivity contribution in [1.29, 1.82) is 0 Å². The van der Waals surface area contributed by atoms with Crippen molar-refractivity contribution in [2.24, 2.45) is 0 Å². The number of amides is 1. The molecule has 2 aromatic carbocycles. The van der Waals surface area contributed by atoms with Crippen molar-refractivity contribution in [1.82, 2.24) is 4.90 Å². The molecule has 6 nitrogen and oxygen atoms in total. The molecule has 152 valence electrons. The van der Waals surface area contributed by atoms with E-state index in [9.17, 15) is 13.2 Å². The lowest BCUT2D eigenvalue weighted by atomic mass is 10.2. The quantitative estimate of drug-likeness (QED) is 0.686. The Morgan fingerprint density at radius 2 is 2.07 bits per heavy atom. The van der Waals surface area contributed by atoms with E-state index in [1.54, 1.807) is 43.3 Å². The monoisotopic (exact) mass is 431 g/mol. The van der Waals surface area contributed by atoms with E-state index in [2.05, 4.69) is 16.0 Å². The van der Waals surface area contributed by atoms with Crippen molar-refractivity contribution < 1.29 is 13.2 Å². The average Bonchev–Trinajstić information content (AvgIpc) is 3.14. The van der Waals surface area contributed by atoms with E-state index in [1.165, 1.54) is 6.07 Å². The van der Waals surface area contributed by atoms with Crippen LogP contribution in [0.2, 0.25) is 5.02 Å². The fourth-order valence-electron chi connectivity index (χ4n) is 3.37. The minimum absolute atomic E-state index is 0.0714. The number of halogens is 1. The van der Waals surface area contributed by atoms with Gasteiger partial charge in [0, 0.05) is 5.69 Å². The first kappa shape index (κ1) is 21.2. The molecule has 0 aliphatic carbocycles. The molecule has 0 bridgehead atoms. The number of nitrogens with one attached hydrogen (secondary N) is 2. The molecule has 1 atom stereocenters. The Morgan fingerprint density at radius 1 is 1.31 bits per heavy atom. The van der Waals surface area contributed by atoms with Crippen molar-refractivity contribution in [2.75, 3.05) is 23.1 Å². The maximum Gasteiger partial charge on any atom is 0.262 e. The van der Waals surface area contributed by atoms with E-state index in [0.717, 1.165) is 19.4 Å². The Labute approximate surface area is 176 Å². The maximum absolute atomic E-state index is 12.9. The Morgan fingerprint density at radius 3 is 2.79 bits per heavy atom. The molecule has 1 fully saturated rings. The fourth-order valence-corrected chi connectivity index (χ4v) is 4.96. The van der Waals surface area contributed by atoms with Crippen LogP contribution in [0.4, 0.5) is 11.4 Å². The number of hydrogen-bond donors (Lipinski definition) is 2. The van der Waals surface area contributed by atoms with E-state index in [1.807, 2.05) is 4.90 Å². The standard InChI is InChI=1S/C21H22ClN3O3S/c1-3-12-25-13-6-9-19(25)21(26)23-16-11-10-15(2)20(14-16)29(27,28)24-18-8-5-4-7-17(18)22/h1,4-5,7-8,10-11,14,19,24H,6,9,12-13H2,2H3,(H,23,26)/t19-/m0/s1. The molecule has 2 aromatic rings. The summed E-state index contributed by atoms with van der Waals surface area (Å²) in [5, 5.41) is 3.12. The number of nitrogens with zero attached hydrogens (tertiary/aromatic N) is 1. The van der Waals surface area contributed by atoms with Gasteiger partial charge in [0.05, 0.1) is 28.2 Å². The van der Waals surface area contributed by atoms with Crippen LogP contribution in [0.5, 0.6) is 0 Å². The summed E-state index contributed by atoms with van der Waals surface area (Å²) in [5.74, 6) is 2.38. The van der Waals surface area contributed by atoms with E-state index < -0.39 is 10.0 Å². The molecule has 0 saturated carbocycles. The third-order valence-corrected chi connectivity index (χ3v) is 6.66. The number of benzene rings is 2. The Balaban J connectivity index is 1.82. The van der Waals surface area contributed by atoms with Crippen LogP contribution in [0.3, 0.4) is 0 Å². The molecule has 0 radical (unpaired) electrons. The molecule has 0 unspecified atom stereocenters. The van der Waals surface area contributed by atoms with Gasteiger partial charge in [-0.05, 0) is 56.1 Å². The first-order valence-corrected chi connectivity index (χ1v) is 11.0. The van der Waals surface area contributed by atoms with Gasteiger partial charge in [-0.2, -0.15) is 0 Å². The zero-order valence-electron chi connectivity index (χ0n) is 16.0. The molecule has 3 rings (SSSR count). The number of sulfonamides is 1. The highest BCUT2D eigenvalue weighted by atomic mass is 35.5. The molecule has 1 amide bonds. The van der Waals surface area contributed by atoms with Crippen LogP contribution < -0.4 is 10.0 Å². The minimum Gasteiger partial charge on any atom is -0.325 e. The molecule has 0 aromatic heterocycles. The van der Waals surface area contributed by atoms with Crippen molar-refractivity contribution in [2.45, 2.75) is 30.7 Å². The number of para-hydroxylation sites is 1.